The second-order valence-corrected chi connectivity index (χ2v) is 7.13. The van der Waals surface area contributed by atoms with E-state index in [1.165, 1.54) is 50.6 Å². The van der Waals surface area contributed by atoms with Gasteiger partial charge in [0, 0.05) is 5.56 Å². The number of hydrogen-bond donors (Lipinski definition) is 0. The van der Waals surface area contributed by atoms with Crippen molar-refractivity contribution in [3.05, 3.63) is 65.2 Å². The lowest BCUT2D eigenvalue weighted by molar-refractivity contribution is 1.02. The maximum atomic E-state index is 4.87. The average molecular weight is 301 g/mol. The number of benzene rings is 3. The lowest BCUT2D eigenvalue weighted by Gasteiger charge is -2.06. The third kappa shape index (κ3) is 1.68. The molecule has 0 bridgehead atoms. The van der Waals surface area contributed by atoms with E-state index in [0.717, 1.165) is 10.5 Å². The second kappa shape index (κ2) is 4.40. The van der Waals surface area contributed by atoms with Crippen molar-refractivity contribution in [2.24, 2.45) is 0 Å². The minimum atomic E-state index is 1.11. The summed E-state index contributed by atoms with van der Waals surface area (Å²) in [7, 11) is 0. The molecule has 5 rings (SSSR count). The van der Waals surface area contributed by atoms with E-state index in [2.05, 4.69) is 55.5 Å². The van der Waals surface area contributed by atoms with Crippen molar-refractivity contribution in [3.63, 3.8) is 0 Å². The van der Waals surface area contributed by atoms with Gasteiger partial charge in [0.1, 0.15) is 5.01 Å². The summed E-state index contributed by atoms with van der Waals surface area (Å²) in [5.74, 6) is 0. The number of rotatable bonds is 1. The Morgan fingerprint density at radius 3 is 2.73 bits per heavy atom. The molecule has 0 atom stereocenters. The third-order valence-corrected chi connectivity index (χ3v) is 5.70. The van der Waals surface area contributed by atoms with Crippen LogP contribution in [0.5, 0.6) is 0 Å². The molecule has 1 aliphatic carbocycles. The first-order chi connectivity index (χ1) is 10.8. The highest BCUT2D eigenvalue weighted by atomic mass is 32.1. The number of thiazole rings is 1. The zero-order valence-electron chi connectivity index (χ0n) is 12.4. The van der Waals surface area contributed by atoms with Crippen molar-refractivity contribution in [1.29, 1.82) is 0 Å². The summed E-state index contributed by atoms with van der Waals surface area (Å²) in [4.78, 5) is 4.87. The normalized spacial score (nSPS) is 13.3. The maximum Gasteiger partial charge on any atom is 0.125 e. The van der Waals surface area contributed by atoms with Crippen LogP contribution in [0.25, 0.3) is 31.6 Å². The highest BCUT2D eigenvalue weighted by Crippen LogP contribution is 2.39. The van der Waals surface area contributed by atoms with Crippen LogP contribution in [-0.2, 0) is 12.8 Å². The lowest BCUT2D eigenvalue weighted by Crippen LogP contribution is -1.84. The van der Waals surface area contributed by atoms with Crippen LogP contribution >= 0.6 is 11.3 Å². The van der Waals surface area contributed by atoms with Crippen LogP contribution < -0.4 is 0 Å². The van der Waals surface area contributed by atoms with Crippen LogP contribution in [0.3, 0.4) is 0 Å². The predicted octanol–water partition coefficient (Wildman–Crippen LogP) is 5.52. The quantitative estimate of drug-likeness (QED) is 0.451. The lowest BCUT2D eigenvalue weighted by atomic mass is 10.0. The van der Waals surface area contributed by atoms with E-state index in [4.69, 9.17) is 4.98 Å². The van der Waals surface area contributed by atoms with Crippen molar-refractivity contribution in [3.8, 4) is 10.6 Å². The van der Waals surface area contributed by atoms with E-state index in [-0.39, 0.29) is 0 Å². The summed E-state index contributed by atoms with van der Waals surface area (Å²) in [6.07, 6.45) is 2.35. The van der Waals surface area contributed by atoms with Crippen molar-refractivity contribution in [2.75, 3.05) is 0 Å². The van der Waals surface area contributed by atoms with Crippen molar-refractivity contribution in [1.82, 2.24) is 4.98 Å². The van der Waals surface area contributed by atoms with Gasteiger partial charge in [-0.15, -0.1) is 11.3 Å². The smallest absolute Gasteiger partial charge is 0.125 e. The SMILES string of the molecule is Cc1ccc2nc(-c3ccc4c5c(cccc35)CC4)sc2c1. The number of fused-ring (bicyclic) bond motifs is 1. The molecule has 3 aromatic carbocycles. The minimum Gasteiger partial charge on any atom is -0.236 e. The Morgan fingerprint density at radius 1 is 0.955 bits per heavy atom. The molecule has 0 fully saturated rings. The van der Waals surface area contributed by atoms with E-state index in [1.54, 1.807) is 11.3 Å². The molecule has 1 aromatic heterocycles. The van der Waals surface area contributed by atoms with Gasteiger partial charge in [-0.2, -0.15) is 0 Å². The van der Waals surface area contributed by atoms with E-state index in [0.29, 0.717) is 0 Å². The van der Waals surface area contributed by atoms with Gasteiger partial charge >= 0.3 is 0 Å². The van der Waals surface area contributed by atoms with Gasteiger partial charge in [-0.3, -0.25) is 0 Å². The molecule has 0 spiro atoms. The fourth-order valence-corrected chi connectivity index (χ4v) is 4.68. The largest absolute Gasteiger partial charge is 0.236 e. The fourth-order valence-electron chi connectivity index (χ4n) is 3.58. The predicted molar refractivity (Wildman–Crippen MR) is 94.7 cm³/mol. The second-order valence-electron chi connectivity index (χ2n) is 6.10. The molecule has 1 aliphatic rings. The summed E-state index contributed by atoms with van der Waals surface area (Å²) in [5.41, 5.74) is 6.66. The zero-order valence-corrected chi connectivity index (χ0v) is 13.2. The number of aromatic nitrogens is 1. The molecule has 0 amide bonds. The monoisotopic (exact) mass is 301 g/mol. The highest BCUT2D eigenvalue weighted by Gasteiger charge is 2.17. The standard InChI is InChI=1S/C20H15NS/c1-12-5-10-17-18(11-12)22-20(21-17)16-9-8-14-7-6-13-3-2-4-15(16)19(13)14/h2-5,8-11H,6-7H2,1H3. The summed E-state index contributed by atoms with van der Waals surface area (Å²) >= 11 is 1.80. The first kappa shape index (κ1) is 12.4. The molecule has 0 N–H and O–H groups in total. The molecule has 2 heteroatoms. The summed E-state index contributed by atoms with van der Waals surface area (Å²) in [6.45, 7) is 2.14. The maximum absolute atomic E-state index is 4.87. The summed E-state index contributed by atoms with van der Waals surface area (Å²) < 4.78 is 1.28. The Bertz CT molecular complexity index is 1030. The Morgan fingerprint density at radius 2 is 1.82 bits per heavy atom. The van der Waals surface area contributed by atoms with E-state index >= 15 is 0 Å². The van der Waals surface area contributed by atoms with Crippen LogP contribution in [0, 0.1) is 6.92 Å². The van der Waals surface area contributed by atoms with Gasteiger partial charge in [0.25, 0.3) is 0 Å². The fraction of sp³-hybridized carbons (Fsp3) is 0.150. The highest BCUT2D eigenvalue weighted by molar-refractivity contribution is 7.21. The molecule has 4 aromatic rings. The van der Waals surface area contributed by atoms with E-state index < -0.39 is 0 Å². The molecule has 106 valence electrons. The van der Waals surface area contributed by atoms with Gasteiger partial charge in [-0.1, -0.05) is 36.4 Å². The molecule has 0 radical (unpaired) electrons. The molecule has 0 unspecified atom stereocenters. The Hall–Kier alpha value is -2.19. The van der Waals surface area contributed by atoms with Gasteiger partial charge in [0.15, 0.2) is 0 Å². The van der Waals surface area contributed by atoms with Gasteiger partial charge in [0.05, 0.1) is 10.2 Å². The van der Waals surface area contributed by atoms with Crippen LogP contribution in [-0.4, -0.2) is 4.98 Å². The summed E-state index contributed by atoms with van der Waals surface area (Å²) in [5, 5.41) is 3.97. The molecule has 0 aliphatic heterocycles. The van der Waals surface area contributed by atoms with Gasteiger partial charge in [-0.25, -0.2) is 4.98 Å². The Balaban J connectivity index is 1.82. The number of hydrogen-bond acceptors (Lipinski definition) is 2. The van der Waals surface area contributed by atoms with Crippen LogP contribution in [0.15, 0.2) is 48.5 Å². The summed E-state index contributed by atoms with van der Waals surface area (Å²) in [6, 6.07) is 17.8. The topological polar surface area (TPSA) is 12.9 Å². The molecule has 0 saturated carbocycles. The third-order valence-electron chi connectivity index (χ3n) is 4.65. The zero-order chi connectivity index (χ0) is 14.7. The van der Waals surface area contributed by atoms with E-state index in [9.17, 15) is 0 Å². The number of nitrogens with zero attached hydrogens (tertiary/aromatic N) is 1. The minimum absolute atomic E-state index is 1.11. The molecule has 0 saturated heterocycles. The van der Waals surface area contributed by atoms with Crippen molar-refractivity contribution < 1.29 is 0 Å². The van der Waals surface area contributed by atoms with E-state index in [1.807, 2.05) is 0 Å². The molecular formula is C20H15NS. The first-order valence-electron chi connectivity index (χ1n) is 7.71. The van der Waals surface area contributed by atoms with Gasteiger partial charge < -0.3 is 0 Å². The number of aryl methyl sites for hydroxylation is 3. The van der Waals surface area contributed by atoms with Crippen molar-refractivity contribution >= 4 is 32.3 Å². The molecular weight excluding hydrogens is 286 g/mol. The van der Waals surface area contributed by atoms with Crippen molar-refractivity contribution in [2.45, 2.75) is 19.8 Å². The Labute approximate surface area is 133 Å². The van der Waals surface area contributed by atoms with Gasteiger partial charge in [0.2, 0.25) is 0 Å². The molecule has 1 heterocycles. The molecule has 1 nitrogen and oxygen atoms in total. The first-order valence-corrected chi connectivity index (χ1v) is 8.52. The molecule has 22 heavy (non-hydrogen) atoms. The Kier molecular flexibility index (Phi) is 2.47. The van der Waals surface area contributed by atoms with Crippen LogP contribution in [0.4, 0.5) is 0 Å². The van der Waals surface area contributed by atoms with Crippen LogP contribution in [0.1, 0.15) is 16.7 Å². The van der Waals surface area contributed by atoms with Crippen LogP contribution in [0.2, 0.25) is 0 Å². The van der Waals surface area contributed by atoms with Gasteiger partial charge in [-0.05, 0) is 59.4 Å². The average Bonchev–Trinajstić information content (AvgIpc) is 3.13.